The van der Waals surface area contributed by atoms with E-state index in [1.165, 1.54) is 0 Å². The molecule has 0 aromatic heterocycles. The van der Waals surface area contributed by atoms with Crippen molar-refractivity contribution in [2.24, 2.45) is 5.41 Å². The summed E-state index contributed by atoms with van der Waals surface area (Å²) in [7, 11) is 0. The summed E-state index contributed by atoms with van der Waals surface area (Å²) in [4.78, 5) is 2.51. The molecule has 0 saturated carbocycles. The molecular weight excluding hydrogens is 359 g/mol. The van der Waals surface area contributed by atoms with Gasteiger partial charge in [0.2, 0.25) is 6.79 Å². The number of piperazine rings is 1. The average molecular weight is 384 g/mol. The smallest absolute Gasteiger partial charge is 0.231 e. The van der Waals surface area contributed by atoms with E-state index in [9.17, 15) is 0 Å². The summed E-state index contributed by atoms with van der Waals surface area (Å²) in [6.45, 7) is 11.2. The molecule has 1 aromatic carbocycles. The highest BCUT2D eigenvalue weighted by molar-refractivity contribution is 6.31. The number of benzene rings is 1. The Morgan fingerprint density at radius 1 is 1.09 bits per heavy atom. The van der Waals surface area contributed by atoms with Gasteiger partial charge in [0, 0.05) is 43.3 Å². The van der Waals surface area contributed by atoms with Crippen molar-refractivity contribution >= 4 is 36.4 Å². The summed E-state index contributed by atoms with van der Waals surface area (Å²) < 4.78 is 10.9. The maximum atomic E-state index is 6.55. The van der Waals surface area contributed by atoms with Gasteiger partial charge in [0.05, 0.1) is 0 Å². The van der Waals surface area contributed by atoms with Crippen LogP contribution in [0.1, 0.15) is 32.4 Å². The molecular formula is C16H25Cl3N2O2. The second-order valence-corrected chi connectivity index (χ2v) is 7.19. The summed E-state index contributed by atoms with van der Waals surface area (Å²) in [5, 5.41) is 4.17. The molecule has 1 N–H and O–H groups in total. The maximum Gasteiger partial charge on any atom is 0.231 e. The zero-order valence-corrected chi connectivity index (χ0v) is 16.1. The van der Waals surface area contributed by atoms with Crippen LogP contribution >= 0.6 is 36.4 Å². The van der Waals surface area contributed by atoms with Crippen LogP contribution in [-0.2, 0) is 0 Å². The molecule has 1 saturated heterocycles. The van der Waals surface area contributed by atoms with E-state index < -0.39 is 0 Å². The third-order valence-electron chi connectivity index (χ3n) is 4.12. The van der Waals surface area contributed by atoms with Crippen LogP contribution in [0.2, 0.25) is 5.02 Å². The van der Waals surface area contributed by atoms with Crippen LogP contribution in [0.25, 0.3) is 0 Å². The molecule has 1 fully saturated rings. The molecule has 7 heteroatoms. The Morgan fingerprint density at radius 3 is 2.22 bits per heavy atom. The van der Waals surface area contributed by atoms with Crippen LogP contribution in [0, 0.1) is 5.41 Å². The molecule has 0 unspecified atom stereocenters. The number of rotatable bonds is 2. The molecule has 0 spiro atoms. The molecule has 2 aliphatic heterocycles. The molecule has 0 amide bonds. The van der Waals surface area contributed by atoms with Crippen LogP contribution in [-0.4, -0.2) is 37.9 Å². The quantitative estimate of drug-likeness (QED) is 0.839. The third kappa shape index (κ3) is 4.37. The van der Waals surface area contributed by atoms with Gasteiger partial charge in [0.25, 0.3) is 0 Å². The topological polar surface area (TPSA) is 33.7 Å². The third-order valence-corrected chi connectivity index (χ3v) is 4.45. The lowest BCUT2D eigenvalue weighted by molar-refractivity contribution is 0.0861. The zero-order chi connectivity index (χ0) is 15.0. The Kier molecular flexibility index (Phi) is 7.30. The summed E-state index contributed by atoms with van der Waals surface area (Å²) in [6, 6.07) is 4.21. The van der Waals surface area contributed by atoms with Gasteiger partial charge in [-0.3, -0.25) is 4.90 Å². The highest BCUT2D eigenvalue weighted by Gasteiger charge is 2.35. The Labute approximate surface area is 155 Å². The molecule has 132 valence electrons. The first kappa shape index (κ1) is 20.7. The lowest BCUT2D eigenvalue weighted by atomic mass is 9.80. The van der Waals surface area contributed by atoms with E-state index in [4.69, 9.17) is 21.1 Å². The minimum absolute atomic E-state index is 0. The van der Waals surface area contributed by atoms with Crippen molar-refractivity contribution in [2.45, 2.75) is 26.8 Å². The number of hydrogen-bond donors (Lipinski definition) is 1. The predicted octanol–water partition coefficient (Wildman–Crippen LogP) is 3.90. The molecule has 0 radical (unpaired) electrons. The Bertz CT molecular complexity index is 529. The fraction of sp³-hybridized carbons (Fsp3) is 0.625. The largest absolute Gasteiger partial charge is 0.454 e. The maximum absolute atomic E-state index is 6.55. The van der Waals surface area contributed by atoms with Crippen molar-refractivity contribution in [1.29, 1.82) is 0 Å². The second-order valence-electron chi connectivity index (χ2n) is 6.78. The van der Waals surface area contributed by atoms with Crippen molar-refractivity contribution in [3.8, 4) is 11.5 Å². The minimum atomic E-state index is 0. The Balaban J connectivity index is 0.00000132. The van der Waals surface area contributed by atoms with E-state index in [0.29, 0.717) is 0 Å². The Hall–Kier alpha value is -0.390. The molecule has 3 rings (SSSR count). The summed E-state index contributed by atoms with van der Waals surface area (Å²) in [5.41, 5.74) is 1.23. The number of nitrogens with one attached hydrogen (secondary N) is 1. The van der Waals surface area contributed by atoms with E-state index in [0.717, 1.165) is 48.3 Å². The van der Waals surface area contributed by atoms with Crippen LogP contribution in [0.15, 0.2) is 12.1 Å². The summed E-state index contributed by atoms with van der Waals surface area (Å²) in [6.07, 6.45) is 0. The lowest BCUT2D eigenvalue weighted by Gasteiger charge is -2.43. The van der Waals surface area contributed by atoms with Crippen molar-refractivity contribution in [2.75, 3.05) is 33.0 Å². The Morgan fingerprint density at radius 2 is 1.65 bits per heavy atom. The van der Waals surface area contributed by atoms with Gasteiger partial charge >= 0.3 is 0 Å². The first-order valence-electron chi connectivity index (χ1n) is 7.50. The van der Waals surface area contributed by atoms with Crippen molar-refractivity contribution in [3.63, 3.8) is 0 Å². The number of nitrogens with zero attached hydrogens (tertiary/aromatic N) is 1. The molecule has 23 heavy (non-hydrogen) atoms. The first-order valence-corrected chi connectivity index (χ1v) is 7.88. The number of fused-ring (bicyclic) bond motifs is 1. The number of hydrogen-bond acceptors (Lipinski definition) is 4. The van der Waals surface area contributed by atoms with Gasteiger partial charge in [-0.2, -0.15) is 0 Å². The van der Waals surface area contributed by atoms with Gasteiger partial charge in [0.15, 0.2) is 11.5 Å². The molecule has 1 atom stereocenters. The van der Waals surface area contributed by atoms with Crippen LogP contribution in [0.4, 0.5) is 0 Å². The fourth-order valence-corrected chi connectivity index (χ4v) is 3.55. The lowest BCUT2D eigenvalue weighted by Crippen LogP contribution is -2.48. The fourth-order valence-electron chi connectivity index (χ4n) is 3.29. The van der Waals surface area contributed by atoms with Crippen LogP contribution in [0.3, 0.4) is 0 Å². The van der Waals surface area contributed by atoms with E-state index in [2.05, 4.69) is 37.1 Å². The van der Waals surface area contributed by atoms with E-state index in [1.807, 2.05) is 6.07 Å². The zero-order valence-electron chi connectivity index (χ0n) is 13.7. The van der Waals surface area contributed by atoms with Gasteiger partial charge in [-0.05, 0) is 17.0 Å². The number of halogens is 3. The van der Waals surface area contributed by atoms with Crippen LogP contribution in [0.5, 0.6) is 11.5 Å². The number of ether oxygens (including phenoxy) is 2. The van der Waals surface area contributed by atoms with Crippen LogP contribution < -0.4 is 14.8 Å². The van der Waals surface area contributed by atoms with Crippen molar-refractivity contribution in [1.82, 2.24) is 10.2 Å². The van der Waals surface area contributed by atoms with Gasteiger partial charge in [-0.25, -0.2) is 0 Å². The minimum Gasteiger partial charge on any atom is -0.454 e. The van der Waals surface area contributed by atoms with Gasteiger partial charge in [-0.15, -0.1) is 24.8 Å². The van der Waals surface area contributed by atoms with E-state index in [1.54, 1.807) is 0 Å². The van der Waals surface area contributed by atoms with Gasteiger partial charge in [-0.1, -0.05) is 32.4 Å². The SMILES string of the molecule is CC(C)(C)[C@H](c1cc2c(cc1Cl)OCO2)N1CCNCC1.Cl.Cl. The van der Waals surface area contributed by atoms with Crippen molar-refractivity contribution in [3.05, 3.63) is 22.7 Å². The first-order chi connectivity index (χ1) is 9.97. The highest BCUT2D eigenvalue weighted by atomic mass is 35.5. The molecule has 0 bridgehead atoms. The average Bonchev–Trinajstić information content (AvgIpc) is 2.86. The molecule has 4 nitrogen and oxygen atoms in total. The molecule has 2 aliphatic rings. The molecule has 1 aromatic rings. The van der Waals surface area contributed by atoms with Gasteiger partial charge in [0.1, 0.15) is 0 Å². The normalized spacial score (nSPS) is 18.8. The summed E-state index contributed by atoms with van der Waals surface area (Å²) in [5.74, 6) is 1.55. The predicted molar refractivity (Wildman–Crippen MR) is 98.7 cm³/mol. The molecule has 0 aliphatic carbocycles. The van der Waals surface area contributed by atoms with E-state index >= 15 is 0 Å². The monoisotopic (exact) mass is 382 g/mol. The second kappa shape index (κ2) is 8.13. The van der Waals surface area contributed by atoms with E-state index in [-0.39, 0.29) is 43.1 Å². The standard InChI is InChI=1S/C16H23ClN2O2.2ClH/c1-16(2,3)15(19-6-4-18-5-7-19)11-8-13-14(9-12(11)17)21-10-20-13;;/h8-9,15,18H,4-7,10H2,1-3H3;2*1H/t15-;;/m0../s1. The summed E-state index contributed by atoms with van der Waals surface area (Å²) >= 11 is 6.55. The van der Waals surface area contributed by atoms with Crippen molar-refractivity contribution < 1.29 is 9.47 Å². The van der Waals surface area contributed by atoms with Gasteiger partial charge < -0.3 is 14.8 Å². The highest BCUT2D eigenvalue weighted by Crippen LogP contribution is 2.45. The molecule has 2 heterocycles.